The van der Waals surface area contributed by atoms with E-state index in [1.807, 2.05) is 0 Å². The highest BCUT2D eigenvalue weighted by molar-refractivity contribution is 5.99. The summed E-state index contributed by atoms with van der Waals surface area (Å²) in [4.78, 5) is 34.5. The molecule has 0 unspecified atom stereocenters. The van der Waals surface area contributed by atoms with Crippen molar-refractivity contribution < 1.29 is 19.1 Å². The summed E-state index contributed by atoms with van der Waals surface area (Å²) in [6, 6.07) is 2.84. The van der Waals surface area contributed by atoms with Crippen LogP contribution < -0.4 is 14.8 Å². The van der Waals surface area contributed by atoms with Gasteiger partial charge in [0.05, 0.1) is 19.3 Å². The van der Waals surface area contributed by atoms with Gasteiger partial charge in [0.2, 0.25) is 5.91 Å². The second kappa shape index (κ2) is 15.4. The van der Waals surface area contributed by atoms with Gasteiger partial charge in [-0.3, -0.25) is 9.59 Å². The summed E-state index contributed by atoms with van der Waals surface area (Å²) in [6.45, 7) is 4.58. The molecule has 7 nitrogen and oxygen atoms in total. The van der Waals surface area contributed by atoms with Gasteiger partial charge in [-0.2, -0.15) is 0 Å². The van der Waals surface area contributed by atoms with E-state index in [0.717, 1.165) is 12.8 Å². The number of hydrogen-bond donors (Lipinski definition) is 1. The molecule has 0 saturated carbocycles. The summed E-state index contributed by atoms with van der Waals surface area (Å²) in [5.74, 6) is 0.418. The van der Waals surface area contributed by atoms with E-state index < -0.39 is 0 Å². The zero-order valence-corrected chi connectivity index (χ0v) is 18.6. The van der Waals surface area contributed by atoms with Gasteiger partial charge in [-0.1, -0.05) is 51.9 Å². The first kappa shape index (κ1) is 25.6. The van der Waals surface area contributed by atoms with Crippen LogP contribution in [0.5, 0.6) is 11.5 Å². The first-order valence-electron chi connectivity index (χ1n) is 11.0. The van der Waals surface area contributed by atoms with Crippen molar-refractivity contribution in [2.45, 2.75) is 78.1 Å². The van der Waals surface area contributed by atoms with E-state index in [1.54, 1.807) is 0 Å². The Labute approximate surface area is 179 Å². The highest BCUT2D eigenvalue weighted by Gasteiger charge is 2.15. The minimum absolute atomic E-state index is 0.00989. The van der Waals surface area contributed by atoms with Crippen LogP contribution in [0.3, 0.4) is 0 Å². The Bertz CT molecular complexity index is 676. The molecule has 0 radical (unpaired) electrons. The lowest BCUT2D eigenvalue weighted by Gasteiger charge is -2.12. The smallest absolute Gasteiger partial charge is 0.220 e. The van der Waals surface area contributed by atoms with Gasteiger partial charge in [0.25, 0.3) is 0 Å². The van der Waals surface area contributed by atoms with E-state index in [-0.39, 0.29) is 22.9 Å². The van der Waals surface area contributed by atoms with Crippen molar-refractivity contribution in [2.75, 3.05) is 20.3 Å². The predicted octanol–water partition coefficient (Wildman–Crippen LogP) is 5.71. The van der Waals surface area contributed by atoms with Crippen LogP contribution in [0.15, 0.2) is 17.3 Å². The normalized spacial score (nSPS) is 10.5. The number of hydrogen-bond acceptors (Lipinski definition) is 6. The maximum Gasteiger partial charge on any atom is 0.220 e. The molecule has 30 heavy (non-hydrogen) atoms. The molecular weight excluding hydrogens is 384 g/mol. The summed E-state index contributed by atoms with van der Waals surface area (Å²) in [6.07, 6.45) is 10.8. The van der Waals surface area contributed by atoms with Crippen molar-refractivity contribution in [2.24, 2.45) is 5.18 Å². The molecule has 0 heterocycles. The van der Waals surface area contributed by atoms with E-state index in [2.05, 4.69) is 17.4 Å². The number of methoxy groups -OCH3 is 1. The molecule has 0 bridgehead atoms. The maximum atomic E-state index is 11.9. The SMILES string of the molecule is CCCCCCCCCCNC(=O)CCCOc1cc(N=O)c(C(C)=O)cc1OC. The Hall–Kier alpha value is -2.44. The van der Waals surface area contributed by atoms with Gasteiger partial charge in [0.1, 0.15) is 5.69 Å². The minimum Gasteiger partial charge on any atom is -0.493 e. The van der Waals surface area contributed by atoms with Crippen LogP contribution in [0.25, 0.3) is 0 Å². The second-order valence-corrected chi connectivity index (χ2v) is 7.44. The zero-order chi connectivity index (χ0) is 22.2. The molecule has 0 aliphatic heterocycles. The number of ketones is 1. The highest BCUT2D eigenvalue weighted by Crippen LogP contribution is 2.35. The Morgan fingerprint density at radius 1 is 0.967 bits per heavy atom. The fourth-order valence-electron chi connectivity index (χ4n) is 3.17. The predicted molar refractivity (Wildman–Crippen MR) is 119 cm³/mol. The molecule has 0 saturated heterocycles. The topological polar surface area (TPSA) is 94.1 Å². The fraction of sp³-hybridized carbons (Fsp3) is 0.652. The van der Waals surface area contributed by atoms with Crippen LogP contribution in [0.4, 0.5) is 5.69 Å². The zero-order valence-electron chi connectivity index (χ0n) is 18.6. The molecule has 0 aliphatic carbocycles. The summed E-state index contributed by atoms with van der Waals surface area (Å²) in [5.41, 5.74) is 0.205. The van der Waals surface area contributed by atoms with Gasteiger partial charge in [-0.05, 0) is 31.0 Å². The molecule has 168 valence electrons. The van der Waals surface area contributed by atoms with Crippen molar-refractivity contribution >= 4 is 17.4 Å². The van der Waals surface area contributed by atoms with E-state index in [9.17, 15) is 14.5 Å². The van der Waals surface area contributed by atoms with Crippen LogP contribution in [0, 0.1) is 4.91 Å². The Balaban J connectivity index is 2.24. The largest absolute Gasteiger partial charge is 0.493 e. The first-order valence-corrected chi connectivity index (χ1v) is 11.0. The number of carbonyl (C=O) groups excluding carboxylic acids is 2. The molecule has 1 amide bonds. The number of nitroso groups, excluding NO2 is 1. The van der Waals surface area contributed by atoms with Crippen molar-refractivity contribution in [1.82, 2.24) is 5.32 Å². The molecule has 0 atom stereocenters. The van der Waals surface area contributed by atoms with Crippen LogP contribution in [0.2, 0.25) is 0 Å². The maximum absolute atomic E-state index is 11.9. The third-order valence-electron chi connectivity index (χ3n) is 4.92. The number of carbonyl (C=O) groups is 2. The third-order valence-corrected chi connectivity index (χ3v) is 4.92. The number of nitrogens with one attached hydrogen (secondary N) is 1. The van der Waals surface area contributed by atoms with E-state index >= 15 is 0 Å². The van der Waals surface area contributed by atoms with Gasteiger partial charge < -0.3 is 14.8 Å². The fourth-order valence-corrected chi connectivity index (χ4v) is 3.17. The molecule has 0 aromatic heterocycles. The molecule has 1 aromatic carbocycles. The van der Waals surface area contributed by atoms with Crippen molar-refractivity contribution in [3.05, 3.63) is 22.6 Å². The van der Waals surface area contributed by atoms with Gasteiger partial charge in [-0.15, -0.1) is 4.91 Å². The monoisotopic (exact) mass is 420 g/mol. The van der Waals surface area contributed by atoms with Crippen LogP contribution in [-0.4, -0.2) is 32.0 Å². The Morgan fingerprint density at radius 2 is 1.63 bits per heavy atom. The van der Waals surface area contributed by atoms with Crippen molar-refractivity contribution in [3.8, 4) is 11.5 Å². The number of nitrogens with zero attached hydrogens (tertiary/aromatic N) is 1. The van der Waals surface area contributed by atoms with Gasteiger partial charge in [0.15, 0.2) is 17.3 Å². The van der Waals surface area contributed by atoms with E-state index in [1.165, 1.54) is 64.7 Å². The quantitative estimate of drug-likeness (QED) is 0.198. The molecule has 1 aromatic rings. The molecule has 1 rings (SSSR count). The Kier molecular flexibility index (Phi) is 13.1. The number of rotatable bonds is 17. The minimum atomic E-state index is -0.275. The van der Waals surface area contributed by atoms with Crippen LogP contribution in [0.1, 0.15) is 88.4 Å². The number of amides is 1. The van der Waals surface area contributed by atoms with E-state index in [0.29, 0.717) is 37.5 Å². The summed E-state index contributed by atoms with van der Waals surface area (Å²) in [7, 11) is 1.46. The summed E-state index contributed by atoms with van der Waals surface area (Å²) < 4.78 is 10.9. The number of Topliss-reactive ketones (excluding diaryl/α,β-unsaturated/α-hetero) is 1. The lowest BCUT2D eigenvalue weighted by Crippen LogP contribution is -2.24. The average Bonchev–Trinajstić information content (AvgIpc) is 2.74. The van der Waals surface area contributed by atoms with Crippen LogP contribution in [-0.2, 0) is 4.79 Å². The van der Waals surface area contributed by atoms with Gasteiger partial charge in [-0.25, -0.2) is 0 Å². The summed E-state index contributed by atoms with van der Waals surface area (Å²) >= 11 is 0. The number of unbranched alkanes of at least 4 members (excludes halogenated alkanes) is 7. The molecule has 0 spiro atoms. The van der Waals surface area contributed by atoms with Crippen LogP contribution >= 0.6 is 0 Å². The third kappa shape index (κ3) is 9.85. The molecular formula is C23H36N2O5. The average molecular weight is 421 g/mol. The highest BCUT2D eigenvalue weighted by atomic mass is 16.5. The molecule has 0 aliphatic rings. The van der Waals surface area contributed by atoms with Gasteiger partial charge in [0, 0.05) is 19.0 Å². The lowest BCUT2D eigenvalue weighted by atomic mass is 10.1. The second-order valence-electron chi connectivity index (χ2n) is 7.44. The van der Waals surface area contributed by atoms with E-state index in [4.69, 9.17) is 9.47 Å². The molecule has 0 fully saturated rings. The molecule has 1 N–H and O–H groups in total. The first-order chi connectivity index (χ1) is 14.5. The molecule has 7 heteroatoms. The lowest BCUT2D eigenvalue weighted by molar-refractivity contribution is -0.121. The Morgan fingerprint density at radius 3 is 2.23 bits per heavy atom. The number of ether oxygens (including phenoxy) is 2. The summed E-state index contributed by atoms with van der Waals surface area (Å²) in [5, 5.41) is 5.83. The van der Waals surface area contributed by atoms with Crippen molar-refractivity contribution in [3.63, 3.8) is 0 Å². The van der Waals surface area contributed by atoms with Gasteiger partial charge >= 0.3 is 0 Å². The standard InChI is InChI=1S/C23H36N2O5/c1-4-5-6-7-8-9-10-11-14-24-23(27)13-12-15-30-22-17-20(25-28)19(18(2)26)16-21(22)29-3/h16-17H,4-15H2,1-3H3,(H,24,27). The number of benzene rings is 1. The van der Waals surface area contributed by atoms with Crippen molar-refractivity contribution in [1.29, 1.82) is 0 Å².